The van der Waals surface area contributed by atoms with E-state index in [1.54, 1.807) is 0 Å². The average molecular weight is 786 g/mol. The molecular weight excluding hydrogens is 743 g/mol. The maximum Gasteiger partial charge on any atom is 0.165 e. The Labute approximate surface area is 352 Å². The van der Waals surface area contributed by atoms with Crippen LogP contribution in [0.15, 0.2) is 152 Å². The first-order chi connectivity index (χ1) is 29.5. The van der Waals surface area contributed by atoms with Gasteiger partial charge in [0.05, 0.1) is 27.8 Å². The van der Waals surface area contributed by atoms with Crippen LogP contribution < -0.4 is 4.90 Å². The van der Waals surface area contributed by atoms with E-state index in [1.165, 1.54) is 65.3 Å². The molecule has 0 aliphatic heterocycles. The number of para-hydroxylation sites is 2. The summed E-state index contributed by atoms with van der Waals surface area (Å²) in [4.78, 5) is 14.2. The van der Waals surface area contributed by atoms with Gasteiger partial charge in [0, 0.05) is 54.5 Å². The van der Waals surface area contributed by atoms with Gasteiger partial charge in [-0.1, -0.05) is 139 Å². The summed E-state index contributed by atoms with van der Waals surface area (Å²) in [5.41, 5.74) is 14.0. The van der Waals surface area contributed by atoms with Crippen LogP contribution in [0, 0.1) is 0 Å². The fourth-order valence-corrected chi connectivity index (χ4v) is 10.4. The smallest absolute Gasteiger partial charge is 0.165 e. The number of hydrogen-bond acceptors (Lipinski definition) is 3. The van der Waals surface area contributed by atoms with Gasteiger partial charge in [0.15, 0.2) is 11.3 Å². The van der Waals surface area contributed by atoms with Gasteiger partial charge in [-0.15, -0.1) is 0 Å². The molecule has 13 rings (SSSR count). The molecule has 0 aliphatic carbocycles. The van der Waals surface area contributed by atoms with E-state index in [0.29, 0.717) is 0 Å². The summed E-state index contributed by atoms with van der Waals surface area (Å²) in [7, 11) is 0. The Morgan fingerprint density at radius 1 is 0.377 bits per heavy atom. The van der Waals surface area contributed by atoms with Crippen LogP contribution >= 0.6 is 0 Å². The Morgan fingerprint density at radius 3 is 1.39 bits per heavy atom. The Balaban J connectivity index is 1.29. The highest BCUT2D eigenvalue weighted by atomic mass is 15.2. The molecule has 5 aromatic heterocycles. The van der Waals surface area contributed by atoms with Crippen LogP contribution in [0.5, 0.6) is 0 Å². The molecule has 0 saturated carbocycles. The first-order valence-corrected chi connectivity index (χ1v) is 21.4. The van der Waals surface area contributed by atoms with E-state index in [9.17, 15) is 0 Å². The number of aromatic nitrogens is 4. The van der Waals surface area contributed by atoms with E-state index in [-0.39, 0.29) is 10.8 Å². The summed E-state index contributed by atoms with van der Waals surface area (Å²) in [6, 6.07) is 55.8. The van der Waals surface area contributed by atoms with Crippen LogP contribution in [0.2, 0.25) is 0 Å². The van der Waals surface area contributed by atoms with E-state index in [0.717, 1.165) is 61.2 Å². The molecule has 0 fully saturated rings. The topological polar surface area (TPSA) is 37.8 Å². The molecule has 61 heavy (non-hydrogen) atoms. The van der Waals surface area contributed by atoms with Gasteiger partial charge in [-0.25, -0.2) is 9.97 Å². The Bertz CT molecular complexity index is 3900. The lowest BCUT2D eigenvalue weighted by molar-refractivity contribution is 0.591. The fraction of sp³-hybridized carbons (Fsp3) is 0.143. The minimum absolute atomic E-state index is 0.0699. The summed E-state index contributed by atoms with van der Waals surface area (Å²) >= 11 is 0. The first kappa shape index (κ1) is 34.6. The van der Waals surface area contributed by atoms with Gasteiger partial charge in [0.25, 0.3) is 0 Å². The maximum atomic E-state index is 5.90. The Kier molecular flexibility index (Phi) is 6.66. The van der Waals surface area contributed by atoms with Gasteiger partial charge in [-0.3, -0.25) is 8.80 Å². The van der Waals surface area contributed by atoms with E-state index in [4.69, 9.17) is 9.97 Å². The summed E-state index contributed by atoms with van der Waals surface area (Å²) in [6.45, 7) is 13.9. The van der Waals surface area contributed by atoms with Crippen LogP contribution in [0.25, 0.3) is 98.3 Å². The molecular formula is C56H43N5. The molecule has 0 unspecified atom stereocenters. The van der Waals surface area contributed by atoms with Crippen molar-refractivity contribution in [3.8, 4) is 0 Å². The highest BCUT2D eigenvalue weighted by Gasteiger charge is 2.31. The second-order valence-electron chi connectivity index (χ2n) is 19.1. The molecule has 292 valence electrons. The monoisotopic (exact) mass is 785 g/mol. The summed E-state index contributed by atoms with van der Waals surface area (Å²) < 4.78 is 4.89. The summed E-state index contributed by atoms with van der Waals surface area (Å²) in [5, 5.41) is 12.0. The average Bonchev–Trinajstić information content (AvgIpc) is 3.98. The zero-order valence-corrected chi connectivity index (χ0v) is 35.2. The van der Waals surface area contributed by atoms with Gasteiger partial charge in [-0.2, -0.15) is 0 Å². The van der Waals surface area contributed by atoms with Gasteiger partial charge in [0.2, 0.25) is 0 Å². The normalized spacial score (nSPS) is 13.1. The van der Waals surface area contributed by atoms with Crippen molar-refractivity contribution in [3.05, 3.63) is 163 Å². The molecule has 8 aromatic carbocycles. The Morgan fingerprint density at radius 2 is 0.820 bits per heavy atom. The van der Waals surface area contributed by atoms with Gasteiger partial charge < -0.3 is 4.90 Å². The molecule has 0 saturated heterocycles. The number of benzene rings is 8. The van der Waals surface area contributed by atoms with Crippen LogP contribution in [-0.4, -0.2) is 18.8 Å². The summed E-state index contributed by atoms with van der Waals surface area (Å²) in [6.07, 6.45) is 0. The molecule has 0 aliphatic rings. The van der Waals surface area contributed by atoms with Crippen LogP contribution in [0.1, 0.15) is 52.7 Å². The molecule has 0 N–H and O–H groups in total. The van der Waals surface area contributed by atoms with Crippen LogP contribution in [0.3, 0.4) is 0 Å². The zero-order chi connectivity index (χ0) is 41.1. The number of nitrogens with zero attached hydrogens (tertiary/aromatic N) is 5. The second-order valence-corrected chi connectivity index (χ2v) is 19.1. The molecule has 5 heteroatoms. The number of anilines is 3. The predicted octanol–water partition coefficient (Wildman–Crippen LogP) is 15.1. The fourth-order valence-electron chi connectivity index (χ4n) is 10.4. The molecule has 0 bridgehead atoms. The molecule has 5 heterocycles. The molecule has 13 aromatic rings. The van der Waals surface area contributed by atoms with Gasteiger partial charge >= 0.3 is 0 Å². The standard InChI is InChI=1S/C56H43N5/c1-55(2,3)34-28-42-40-26-25-32-17-13-15-23-38(32)48(40)60-49(42)44(30-34)46-53(60)57-47-45-31-35(56(4,5)6)29-43-41-27-33-18-14-16-24-39(33)51(52(41)61(50(43)45)54(47)58-46)59(36-19-9-7-10-20-36)37-21-11-8-12-22-37/h7-31H,1-6H3. The van der Waals surface area contributed by atoms with Crippen molar-refractivity contribution >= 4 is 115 Å². The third kappa shape index (κ3) is 4.61. The Hall–Kier alpha value is -7.24. The van der Waals surface area contributed by atoms with Gasteiger partial charge in [-0.05, 0) is 87.3 Å². The molecule has 0 amide bonds. The van der Waals surface area contributed by atoms with Crippen molar-refractivity contribution in [3.63, 3.8) is 0 Å². The SMILES string of the molecule is CC(C)(C)c1cc2c3cc4ccccc4c(N(c4ccccc4)c4ccccc4)c3n3c4nc5c6cc(C(C)(C)C)cc7c8ccc9ccccc9c8n(c5nc4c(c1)c23)c76. The highest BCUT2D eigenvalue weighted by Crippen LogP contribution is 2.50. The minimum atomic E-state index is -0.104. The summed E-state index contributed by atoms with van der Waals surface area (Å²) in [5.74, 6) is 0. The van der Waals surface area contributed by atoms with Crippen LogP contribution in [-0.2, 0) is 10.8 Å². The minimum Gasteiger partial charge on any atom is -0.308 e. The lowest BCUT2D eigenvalue weighted by Gasteiger charge is -2.28. The quantitative estimate of drug-likeness (QED) is 0.179. The molecule has 0 atom stereocenters. The number of rotatable bonds is 3. The van der Waals surface area contributed by atoms with Crippen molar-refractivity contribution in [2.24, 2.45) is 0 Å². The largest absolute Gasteiger partial charge is 0.308 e. The van der Waals surface area contributed by atoms with Crippen LogP contribution in [0.4, 0.5) is 17.1 Å². The maximum absolute atomic E-state index is 5.90. The van der Waals surface area contributed by atoms with E-state index < -0.39 is 0 Å². The lowest BCUT2D eigenvalue weighted by Crippen LogP contribution is -2.11. The van der Waals surface area contributed by atoms with Crippen molar-refractivity contribution in [1.29, 1.82) is 0 Å². The number of hydrogen-bond donors (Lipinski definition) is 0. The number of fused-ring (bicyclic) bond motifs is 15. The van der Waals surface area contributed by atoms with Crippen molar-refractivity contribution in [2.75, 3.05) is 4.90 Å². The lowest BCUT2D eigenvalue weighted by atomic mass is 9.85. The first-order valence-electron chi connectivity index (χ1n) is 21.4. The van der Waals surface area contributed by atoms with E-state index in [2.05, 4.69) is 207 Å². The predicted molar refractivity (Wildman–Crippen MR) is 258 cm³/mol. The van der Waals surface area contributed by atoms with Gasteiger partial charge in [0.1, 0.15) is 11.0 Å². The third-order valence-corrected chi connectivity index (χ3v) is 13.4. The molecule has 0 spiro atoms. The van der Waals surface area contributed by atoms with E-state index >= 15 is 0 Å². The zero-order valence-electron chi connectivity index (χ0n) is 35.2. The third-order valence-electron chi connectivity index (χ3n) is 13.4. The van der Waals surface area contributed by atoms with Crippen molar-refractivity contribution in [2.45, 2.75) is 52.4 Å². The second kappa shape index (κ2) is 11.7. The van der Waals surface area contributed by atoms with Crippen molar-refractivity contribution < 1.29 is 0 Å². The molecule has 0 radical (unpaired) electrons. The highest BCUT2D eigenvalue weighted by molar-refractivity contribution is 6.30. The molecule has 5 nitrogen and oxygen atoms in total. The van der Waals surface area contributed by atoms with E-state index in [1.807, 2.05) is 0 Å². The van der Waals surface area contributed by atoms with Crippen molar-refractivity contribution in [1.82, 2.24) is 18.8 Å².